The fraction of sp³-hybridized carbons (Fsp3) is 0.583. The van der Waals surface area contributed by atoms with Crippen molar-refractivity contribution in [1.82, 2.24) is 10.3 Å². The molecule has 1 amide bonds. The summed E-state index contributed by atoms with van der Waals surface area (Å²) in [6, 6.07) is 0. The molecule has 6 heteroatoms. The molecule has 18 heavy (non-hydrogen) atoms. The normalized spacial score (nSPS) is 16.9. The van der Waals surface area contributed by atoms with E-state index in [1.165, 1.54) is 17.5 Å². The number of aryl methyl sites for hydroxylation is 1. The molecule has 0 bridgehead atoms. The summed E-state index contributed by atoms with van der Waals surface area (Å²) >= 11 is 1.34. The topological polar surface area (TPSA) is 79.3 Å². The van der Waals surface area contributed by atoms with Crippen molar-refractivity contribution < 1.29 is 14.7 Å². The number of nitrogens with zero attached hydrogens (tertiary/aromatic N) is 1. The minimum Gasteiger partial charge on any atom is -0.480 e. The number of carbonyl (C=O) groups excluding carboxylic acids is 1. The van der Waals surface area contributed by atoms with Gasteiger partial charge in [0.25, 0.3) is 5.91 Å². The SMILES string of the molecule is CCCc1ncc(C(=O)NC2(C(=O)O)CCC2)s1. The number of thiazole rings is 1. The maximum absolute atomic E-state index is 12.0. The number of carboxylic acids is 1. The zero-order valence-corrected chi connectivity index (χ0v) is 11.0. The van der Waals surface area contributed by atoms with E-state index in [1.54, 1.807) is 0 Å². The van der Waals surface area contributed by atoms with Crippen molar-refractivity contribution in [3.8, 4) is 0 Å². The summed E-state index contributed by atoms with van der Waals surface area (Å²) in [7, 11) is 0. The summed E-state index contributed by atoms with van der Waals surface area (Å²) in [6.45, 7) is 2.05. The fourth-order valence-electron chi connectivity index (χ4n) is 1.95. The number of carbonyl (C=O) groups is 2. The second kappa shape index (κ2) is 5.06. The monoisotopic (exact) mass is 268 g/mol. The number of nitrogens with one attached hydrogen (secondary N) is 1. The smallest absolute Gasteiger partial charge is 0.329 e. The standard InChI is InChI=1S/C12H16N2O3S/c1-2-4-9-13-7-8(18-9)10(15)14-12(11(16)17)5-3-6-12/h7H,2-6H2,1H3,(H,14,15)(H,16,17). The molecule has 0 saturated heterocycles. The summed E-state index contributed by atoms with van der Waals surface area (Å²) < 4.78 is 0. The highest BCUT2D eigenvalue weighted by atomic mass is 32.1. The molecule has 1 aromatic rings. The molecular formula is C12H16N2O3S. The lowest BCUT2D eigenvalue weighted by Crippen LogP contribution is -2.59. The van der Waals surface area contributed by atoms with E-state index in [0.717, 1.165) is 24.3 Å². The molecule has 5 nitrogen and oxygen atoms in total. The van der Waals surface area contributed by atoms with E-state index in [-0.39, 0.29) is 5.91 Å². The third kappa shape index (κ3) is 2.38. The van der Waals surface area contributed by atoms with Crippen molar-refractivity contribution in [3.05, 3.63) is 16.1 Å². The van der Waals surface area contributed by atoms with Crippen LogP contribution in [0.3, 0.4) is 0 Å². The van der Waals surface area contributed by atoms with Gasteiger partial charge >= 0.3 is 5.97 Å². The van der Waals surface area contributed by atoms with Crippen molar-refractivity contribution in [2.45, 2.75) is 44.6 Å². The van der Waals surface area contributed by atoms with Gasteiger partial charge in [-0.2, -0.15) is 0 Å². The first-order valence-corrected chi connectivity index (χ1v) is 6.89. The predicted octanol–water partition coefficient (Wildman–Crippen LogP) is 1.83. The van der Waals surface area contributed by atoms with Gasteiger partial charge in [0.05, 0.1) is 11.2 Å². The average Bonchev–Trinajstić information content (AvgIpc) is 2.71. The molecule has 0 radical (unpaired) electrons. The van der Waals surface area contributed by atoms with Crippen LogP contribution in [0.4, 0.5) is 0 Å². The Morgan fingerprint density at radius 3 is 2.78 bits per heavy atom. The van der Waals surface area contributed by atoms with Crippen molar-refractivity contribution in [1.29, 1.82) is 0 Å². The van der Waals surface area contributed by atoms with Crippen LogP contribution in [-0.2, 0) is 11.2 Å². The largest absolute Gasteiger partial charge is 0.480 e. The number of hydrogen-bond acceptors (Lipinski definition) is 4. The molecule has 1 aromatic heterocycles. The van der Waals surface area contributed by atoms with Gasteiger partial charge in [-0.1, -0.05) is 6.92 Å². The van der Waals surface area contributed by atoms with Gasteiger partial charge < -0.3 is 10.4 Å². The fourth-order valence-corrected chi connectivity index (χ4v) is 2.86. The number of amides is 1. The van der Waals surface area contributed by atoms with Crippen molar-refractivity contribution in [3.63, 3.8) is 0 Å². The van der Waals surface area contributed by atoms with E-state index < -0.39 is 11.5 Å². The maximum Gasteiger partial charge on any atom is 0.329 e. The Hall–Kier alpha value is -1.43. The van der Waals surface area contributed by atoms with Gasteiger partial charge in [0.15, 0.2) is 0 Å². The Labute approximate surface area is 109 Å². The van der Waals surface area contributed by atoms with Gasteiger partial charge in [0.2, 0.25) is 0 Å². The highest BCUT2D eigenvalue weighted by molar-refractivity contribution is 7.13. The van der Waals surface area contributed by atoms with Crippen LogP contribution in [0.1, 0.15) is 47.3 Å². The Balaban J connectivity index is 2.04. The summed E-state index contributed by atoms with van der Waals surface area (Å²) in [5, 5.41) is 12.7. The van der Waals surface area contributed by atoms with E-state index in [4.69, 9.17) is 5.11 Å². The molecular weight excluding hydrogens is 252 g/mol. The molecule has 0 unspecified atom stereocenters. The number of hydrogen-bond donors (Lipinski definition) is 2. The first kappa shape index (κ1) is 13.0. The number of aliphatic carboxylic acids is 1. The Morgan fingerprint density at radius 1 is 1.56 bits per heavy atom. The highest BCUT2D eigenvalue weighted by Gasteiger charge is 2.45. The lowest BCUT2D eigenvalue weighted by Gasteiger charge is -2.37. The molecule has 1 aliphatic rings. The number of aromatic nitrogens is 1. The van der Waals surface area contributed by atoms with Crippen LogP contribution in [0.25, 0.3) is 0 Å². The molecule has 2 rings (SSSR count). The number of carboxylic acid groups (broad SMARTS) is 1. The molecule has 2 N–H and O–H groups in total. The van der Waals surface area contributed by atoms with Gasteiger partial charge in [-0.25, -0.2) is 9.78 Å². The van der Waals surface area contributed by atoms with Gasteiger partial charge in [-0.3, -0.25) is 4.79 Å². The molecule has 98 valence electrons. The maximum atomic E-state index is 12.0. The first-order valence-electron chi connectivity index (χ1n) is 6.08. The van der Waals surface area contributed by atoms with E-state index in [0.29, 0.717) is 17.7 Å². The van der Waals surface area contributed by atoms with Gasteiger partial charge in [0.1, 0.15) is 10.4 Å². The summed E-state index contributed by atoms with van der Waals surface area (Å²) in [5.74, 6) is -1.27. The Bertz CT molecular complexity index is 466. The highest BCUT2D eigenvalue weighted by Crippen LogP contribution is 2.32. The molecule has 0 aliphatic heterocycles. The summed E-state index contributed by atoms with van der Waals surface area (Å²) in [6.07, 6.45) is 5.22. The molecule has 1 heterocycles. The predicted molar refractivity (Wildman–Crippen MR) is 67.8 cm³/mol. The molecule has 0 aromatic carbocycles. The second-order valence-corrected chi connectivity index (χ2v) is 5.68. The van der Waals surface area contributed by atoms with Gasteiger partial charge in [-0.05, 0) is 32.1 Å². The van der Waals surface area contributed by atoms with Gasteiger partial charge in [0, 0.05) is 0 Å². The average molecular weight is 268 g/mol. The second-order valence-electron chi connectivity index (χ2n) is 4.56. The van der Waals surface area contributed by atoms with Crippen LogP contribution in [0.2, 0.25) is 0 Å². The third-order valence-electron chi connectivity index (χ3n) is 3.21. The molecule has 0 spiro atoms. The third-order valence-corrected chi connectivity index (χ3v) is 4.27. The molecule has 1 saturated carbocycles. The molecule has 1 fully saturated rings. The molecule has 1 aliphatic carbocycles. The van der Waals surface area contributed by atoms with Crippen LogP contribution in [-0.4, -0.2) is 27.5 Å². The quantitative estimate of drug-likeness (QED) is 0.854. The van der Waals surface area contributed by atoms with Crippen LogP contribution in [0, 0.1) is 0 Å². The summed E-state index contributed by atoms with van der Waals surface area (Å²) in [4.78, 5) is 27.8. The van der Waals surface area contributed by atoms with E-state index in [1.807, 2.05) is 0 Å². The van der Waals surface area contributed by atoms with Crippen LogP contribution >= 0.6 is 11.3 Å². The van der Waals surface area contributed by atoms with Crippen LogP contribution < -0.4 is 5.32 Å². The Morgan fingerprint density at radius 2 is 2.28 bits per heavy atom. The first-order chi connectivity index (χ1) is 8.57. The summed E-state index contributed by atoms with van der Waals surface area (Å²) in [5.41, 5.74) is -1.05. The zero-order valence-electron chi connectivity index (χ0n) is 10.2. The minimum atomic E-state index is -1.05. The van der Waals surface area contributed by atoms with Crippen LogP contribution in [0.5, 0.6) is 0 Å². The van der Waals surface area contributed by atoms with Crippen molar-refractivity contribution >= 4 is 23.2 Å². The van der Waals surface area contributed by atoms with E-state index in [9.17, 15) is 9.59 Å². The lowest BCUT2D eigenvalue weighted by atomic mass is 9.77. The number of rotatable bonds is 5. The van der Waals surface area contributed by atoms with Crippen molar-refractivity contribution in [2.75, 3.05) is 0 Å². The minimum absolute atomic E-state index is 0.322. The molecule has 0 atom stereocenters. The van der Waals surface area contributed by atoms with E-state index in [2.05, 4.69) is 17.2 Å². The Kier molecular flexibility index (Phi) is 3.65. The lowest BCUT2D eigenvalue weighted by molar-refractivity contribution is -0.148. The van der Waals surface area contributed by atoms with Gasteiger partial charge in [-0.15, -0.1) is 11.3 Å². The zero-order chi connectivity index (χ0) is 13.2. The van der Waals surface area contributed by atoms with Crippen molar-refractivity contribution in [2.24, 2.45) is 0 Å². The van der Waals surface area contributed by atoms with E-state index >= 15 is 0 Å². The van der Waals surface area contributed by atoms with Crippen LogP contribution in [0.15, 0.2) is 6.20 Å².